The van der Waals surface area contributed by atoms with Crippen molar-refractivity contribution in [3.63, 3.8) is 0 Å². The molecule has 0 saturated carbocycles. The van der Waals surface area contributed by atoms with Gasteiger partial charge in [-0.3, -0.25) is 14.2 Å². The number of amides is 1. The molecule has 512 valence electrons. The molecule has 3 atom stereocenters. The number of allylic oxidation sites excluding steroid dienone is 19. The summed E-state index contributed by atoms with van der Waals surface area (Å²) in [5.41, 5.74) is 0. The summed E-state index contributed by atoms with van der Waals surface area (Å²) in [6, 6.07) is -0.909. The molecule has 0 aromatic heterocycles. The number of phosphoric ester groups is 1. The van der Waals surface area contributed by atoms with E-state index in [2.05, 4.69) is 135 Å². The van der Waals surface area contributed by atoms with Crippen LogP contribution in [0.1, 0.15) is 316 Å². The van der Waals surface area contributed by atoms with E-state index in [1.807, 2.05) is 33.3 Å². The lowest BCUT2D eigenvalue weighted by molar-refractivity contribution is -0.870. The van der Waals surface area contributed by atoms with Crippen LogP contribution in [0.25, 0.3) is 0 Å². The normalized spacial score (nSPS) is 14.2. The van der Waals surface area contributed by atoms with Gasteiger partial charge in [0.2, 0.25) is 5.91 Å². The van der Waals surface area contributed by atoms with Crippen LogP contribution in [0.2, 0.25) is 0 Å². The summed E-state index contributed by atoms with van der Waals surface area (Å²) in [6.45, 7) is 6.70. The Morgan fingerprint density at radius 1 is 0.404 bits per heavy atom. The molecule has 0 spiro atoms. The van der Waals surface area contributed by atoms with Gasteiger partial charge in [-0.25, -0.2) is 0 Å². The van der Waals surface area contributed by atoms with Gasteiger partial charge in [0.05, 0.1) is 33.8 Å². The van der Waals surface area contributed by atoms with Crippen LogP contribution in [0, 0.1) is 0 Å². The molecule has 89 heavy (non-hydrogen) atoms. The maximum atomic E-state index is 13.6. The Kier molecular flexibility index (Phi) is 64.6. The fourth-order valence-corrected chi connectivity index (χ4v) is 11.0. The van der Waals surface area contributed by atoms with Crippen molar-refractivity contribution in [3.8, 4) is 0 Å². The SMILES string of the molecule is CC/C=C\C/C=C\C/C=C\C/C=C\C/C=C\C/C=C\CCCCCCC(=O)OC(/C=C\CCCCCCCCCCCCC)C(COP(=O)([O-])OCC[N+](C)(C)C)NC(=O)CCCCCCCCCCCCCCCC/C=C\C/C=C\C/C=C\CCCCC. The van der Waals surface area contributed by atoms with E-state index in [1.165, 1.54) is 154 Å². The van der Waals surface area contributed by atoms with Crippen molar-refractivity contribution in [3.05, 3.63) is 122 Å². The zero-order valence-corrected chi connectivity index (χ0v) is 59.5. The van der Waals surface area contributed by atoms with Crippen LogP contribution in [-0.2, 0) is 27.9 Å². The van der Waals surface area contributed by atoms with Crippen molar-refractivity contribution < 1.29 is 37.3 Å². The van der Waals surface area contributed by atoms with E-state index in [0.717, 1.165) is 122 Å². The summed E-state index contributed by atoms with van der Waals surface area (Å²) in [5, 5.41) is 3.04. The molecule has 0 aromatic rings. The number of nitrogens with one attached hydrogen (secondary N) is 1. The van der Waals surface area contributed by atoms with Crippen molar-refractivity contribution in [1.82, 2.24) is 5.32 Å². The van der Waals surface area contributed by atoms with E-state index in [1.54, 1.807) is 0 Å². The summed E-state index contributed by atoms with van der Waals surface area (Å²) >= 11 is 0. The predicted octanol–water partition coefficient (Wildman–Crippen LogP) is 23.2. The average molecular weight is 1260 g/mol. The Labute approximate surface area is 550 Å². The molecule has 10 heteroatoms. The second kappa shape index (κ2) is 67.3. The van der Waals surface area contributed by atoms with Crippen LogP contribution in [-0.4, -0.2) is 69.4 Å². The second-order valence-corrected chi connectivity index (χ2v) is 27.1. The van der Waals surface area contributed by atoms with Crippen molar-refractivity contribution in [1.29, 1.82) is 0 Å². The van der Waals surface area contributed by atoms with Gasteiger partial charge in [0.25, 0.3) is 7.82 Å². The Morgan fingerprint density at radius 2 is 0.719 bits per heavy atom. The predicted molar refractivity (Wildman–Crippen MR) is 385 cm³/mol. The number of nitrogens with zero attached hydrogens (tertiary/aromatic N) is 1. The Balaban J connectivity index is 5.11. The summed E-state index contributed by atoms with van der Waals surface area (Å²) in [6.07, 6.45) is 94.6. The van der Waals surface area contributed by atoms with Crippen molar-refractivity contribution >= 4 is 19.7 Å². The average Bonchev–Trinajstić information content (AvgIpc) is 3.57. The Bertz CT molecular complexity index is 1940. The van der Waals surface area contributed by atoms with E-state index in [-0.39, 0.29) is 24.9 Å². The Hall–Kier alpha value is -3.59. The van der Waals surface area contributed by atoms with E-state index in [9.17, 15) is 19.0 Å². The van der Waals surface area contributed by atoms with Crippen LogP contribution < -0.4 is 10.2 Å². The maximum absolute atomic E-state index is 13.6. The topological polar surface area (TPSA) is 114 Å². The molecule has 0 saturated heterocycles. The fraction of sp³-hybridized carbons (Fsp3) is 0.722. The van der Waals surface area contributed by atoms with E-state index >= 15 is 0 Å². The quantitative estimate of drug-likeness (QED) is 0.0212. The first-order valence-electron chi connectivity index (χ1n) is 36.8. The highest BCUT2D eigenvalue weighted by atomic mass is 31.2. The first kappa shape index (κ1) is 85.4. The molecule has 0 aliphatic rings. The maximum Gasteiger partial charge on any atom is 0.306 e. The summed E-state index contributed by atoms with van der Waals surface area (Å²) in [5.74, 6) is -0.569. The highest BCUT2D eigenvalue weighted by Gasteiger charge is 2.27. The van der Waals surface area contributed by atoms with Gasteiger partial charge < -0.3 is 28.5 Å². The van der Waals surface area contributed by atoms with Crippen LogP contribution in [0.3, 0.4) is 0 Å². The largest absolute Gasteiger partial charge is 0.756 e. The van der Waals surface area contributed by atoms with Crippen LogP contribution in [0.15, 0.2) is 122 Å². The molecule has 0 aromatic carbocycles. The van der Waals surface area contributed by atoms with Gasteiger partial charge in [-0.15, -0.1) is 0 Å². The third kappa shape index (κ3) is 68.6. The van der Waals surface area contributed by atoms with E-state index < -0.39 is 26.6 Å². The second-order valence-electron chi connectivity index (χ2n) is 25.7. The number of esters is 1. The number of rotatable bonds is 66. The summed E-state index contributed by atoms with van der Waals surface area (Å²) < 4.78 is 30.5. The first-order valence-corrected chi connectivity index (χ1v) is 38.3. The third-order valence-corrected chi connectivity index (χ3v) is 16.8. The summed E-state index contributed by atoms with van der Waals surface area (Å²) in [7, 11) is 1.16. The molecule has 0 aliphatic carbocycles. The summed E-state index contributed by atoms with van der Waals surface area (Å²) in [4.78, 5) is 40.3. The number of hydrogen-bond acceptors (Lipinski definition) is 7. The lowest BCUT2D eigenvalue weighted by atomic mass is 10.0. The van der Waals surface area contributed by atoms with Gasteiger partial charge in [-0.05, 0) is 122 Å². The molecule has 0 fully saturated rings. The number of ether oxygens (including phenoxy) is 1. The number of carbonyl (C=O) groups excluding carboxylic acids is 2. The van der Waals surface area contributed by atoms with Crippen LogP contribution >= 0.6 is 7.82 Å². The van der Waals surface area contributed by atoms with Crippen molar-refractivity contribution in [2.24, 2.45) is 0 Å². The van der Waals surface area contributed by atoms with Crippen LogP contribution in [0.5, 0.6) is 0 Å². The molecular weight excluding hydrogens is 1120 g/mol. The molecule has 0 heterocycles. The molecule has 0 rings (SSSR count). The monoisotopic (exact) mass is 1260 g/mol. The highest BCUT2D eigenvalue weighted by Crippen LogP contribution is 2.38. The zero-order valence-electron chi connectivity index (χ0n) is 58.6. The molecular formula is C79H139N2O7P. The molecule has 0 bridgehead atoms. The van der Waals surface area contributed by atoms with Crippen molar-refractivity contribution in [2.75, 3.05) is 40.9 Å². The fourth-order valence-electron chi connectivity index (χ4n) is 10.2. The van der Waals surface area contributed by atoms with Crippen molar-refractivity contribution in [2.45, 2.75) is 328 Å². The molecule has 3 unspecified atom stereocenters. The number of unbranched alkanes of at least 4 members (excludes halogenated alkanes) is 32. The van der Waals surface area contributed by atoms with E-state index in [0.29, 0.717) is 23.9 Å². The van der Waals surface area contributed by atoms with Gasteiger partial charge in [-0.2, -0.15) is 0 Å². The van der Waals surface area contributed by atoms with Crippen LogP contribution in [0.4, 0.5) is 0 Å². The minimum atomic E-state index is -4.72. The van der Waals surface area contributed by atoms with Gasteiger partial charge >= 0.3 is 5.97 Å². The number of quaternary nitrogens is 1. The Morgan fingerprint density at radius 3 is 1.10 bits per heavy atom. The number of hydrogen-bond donors (Lipinski definition) is 1. The van der Waals surface area contributed by atoms with Gasteiger partial charge in [0.15, 0.2) is 0 Å². The molecule has 1 amide bonds. The number of carbonyl (C=O) groups is 2. The minimum absolute atomic E-state index is 0.0320. The first-order chi connectivity index (χ1) is 43.4. The molecule has 0 radical (unpaired) electrons. The van der Waals surface area contributed by atoms with Gasteiger partial charge in [0.1, 0.15) is 19.3 Å². The number of phosphoric acid groups is 1. The molecule has 0 aliphatic heterocycles. The third-order valence-electron chi connectivity index (χ3n) is 15.9. The molecule has 1 N–H and O–H groups in total. The number of likely N-dealkylation sites (N-methyl/N-ethyl adjacent to an activating group) is 1. The molecule has 9 nitrogen and oxygen atoms in total. The highest BCUT2D eigenvalue weighted by molar-refractivity contribution is 7.45. The van der Waals surface area contributed by atoms with E-state index in [4.69, 9.17) is 13.8 Å². The standard InChI is InChI=1S/C79H139N2O7P/c1-7-10-13-16-19-22-25-28-30-32-34-36-38-39-40-41-43-44-46-48-50-53-56-59-62-65-68-71-78(82)80-76(75-87-89(84,85)86-74-73-81(4,5)6)77(70-67-64-61-58-55-52-27-24-21-18-15-12-9-3)88-79(83)72-69-66-63-60-57-54-51-49-47-45-42-37-35-33-31-29-26-23-20-17-14-11-8-2/h11,14,19-20,22-23,28-31,34-37,45,47,51,54,67,70,76-77H,7-10,12-13,15-18,21,24-27,32-33,38-44,46,48-50,52-53,55-66,68-69,71-75H2,1-6H3,(H-,80,82,84,85)/b14-11-,22-19-,23-20-,30-28-,31-29-,36-34-,37-35-,47-45-,54-51-,70-67-. The van der Waals surface area contributed by atoms with Gasteiger partial charge in [-0.1, -0.05) is 303 Å². The zero-order chi connectivity index (χ0) is 64.9. The minimum Gasteiger partial charge on any atom is -0.756 e. The lowest BCUT2D eigenvalue weighted by Crippen LogP contribution is -2.47. The van der Waals surface area contributed by atoms with Gasteiger partial charge in [0, 0.05) is 12.8 Å². The smallest absolute Gasteiger partial charge is 0.306 e. The lowest BCUT2D eigenvalue weighted by Gasteiger charge is -2.30.